The van der Waals surface area contributed by atoms with Crippen LogP contribution in [-0.4, -0.2) is 42.3 Å². The third kappa shape index (κ3) is 3.49. The van der Waals surface area contributed by atoms with Gasteiger partial charge in [-0.15, -0.1) is 0 Å². The lowest BCUT2D eigenvalue weighted by molar-refractivity contribution is -0.132. The van der Waals surface area contributed by atoms with Crippen molar-refractivity contribution in [2.45, 2.75) is 38.3 Å². The van der Waals surface area contributed by atoms with Crippen molar-refractivity contribution in [1.29, 1.82) is 0 Å². The van der Waals surface area contributed by atoms with Gasteiger partial charge in [0.2, 0.25) is 17.6 Å². The third-order valence-corrected chi connectivity index (χ3v) is 4.58. The zero-order valence-corrected chi connectivity index (χ0v) is 14.4. The van der Waals surface area contributed by atoms with E-state index in [1.54, 1.807) is 11.0 Å². The highest BCUT2D eigenvalue weighted by atomic mass is 16.5. The molecule has 8 nitrogen and oxygen atoms in total. The first-order valence-electron chi connectivity index (χ1n) is 8.82. The SMILES string of the molecule is O=C(CCCn1cncn1)N1CCC[C@@H]1c1nc(-c2ccccc2)no1. The average Bonchev–Trinajstić information content (AvgIpc) is 3.42. The molecular formula is C18H20N6O2. The Morgan fingerprint density at radius 2 is 2.15 bits per heavy atom. The number of nitrogens with zero attached hydrogens (tertiary/aromatic N) is 6. The average molecular weight is 352 g/mol. The van der Waals surface area contributed by atoms with E-state index in [0.717, 1.165) is 31.4 Å². The molecule has 1 aliphatic heterocycles. The molecule has 26 heavy (non-hydrogen) atoms. The van der Waals surface area contributed by atoms with Gasteiger partial charge in [0.05, 0.1) is 0 Å². The number of amides is 1. The topological polar surface area (TPSA) is 89.9 Å². The number of carbonyl (C=O) groups is 1. The Balaban J connectivity index is 1.40. The van der Waals surface area contributed by atoms with Crippen LogP contribution in [0.25, 0.3) is 11.4 Å². The quantitative estimate of drug-likeness (QED) is 0.677. The van der Waals surface area contributed by atoms with Crippen LogP contribution < -0.4 is 0 Å². The number of hydrogen-bond acceptors (Lipinski definition) is 6. The minimum absolute atomic E-state index is 0.118. The van der Waals surface area contributed by atoms with E-state index in [2.05, 4.69) is 20.2 Å². The number of likely N-dealkylation sites (tertiary alicyclic amines) is 1. The third-order valence-electron chi connectivity index (χ3n) is 4.58. The molecule has 0 spiro atoms. The van der Waals surface area contributed by atoms with Crippen LogP contribution in [0.3, 0.4) is 0 Å². The second kappa shape index (κ2) is 7.47. The summed E-state index contributed by atoms with van der Waals surface area (Å²) < 4.78 is 7.20. The maximum Gasteiger partial charge on any atom is 0.249 e. The van der Waals surface area contributed by atoms with Crippen molar-refractivity contribution in [3.05, 3.63) is 48.9 Å². The lowest BCUT2D eigenvalue weighted by atomic mass is 10.2. The second-order valence-electron chi connectivity index (χ2n) is 6.33. The van der Waals surface area contributed by atoms with Gasteiger partial charge in [-0.05, 0) is 19.3 Å². The standard InChI is InChI=1S/C18H20N6O2/c25-16(9-5-10-23-13-19-12-20-23)24-11-4-8-15(24)18-21-17(22-26-18)14-6-2-1-3-7-14/h1-3,6-7,12-13,15H,4-5,8-11H2/t15-/m1/s1. The van der Waals surface area contributed by atoms with Crippen molar-refractivity contribution >= 4 is 5.91 Å². The molecule has 1 amide bonds. The molecule has 0 bridgehead atoms. The van der Waals surface area contributed by atoms with E-state index < -0.39 is 0 Å². The first-order chi connectivity index (χ1) is 12.8. The minimum atomic E-state index is -0.126. The summed E-state index contributed by atoms with van der Waals surface area (Å²) >= 11 is 0. The fourth-order valence-electron chi connectivity index (χ4n) is 3.28. The van der Waals surface area contributed by atoms with Gasteiger partial charge in [0, 0.05) is 25.1 Å². The molecule has 1 fully saturated rings. The molecule has 1 aliphatic rings. The van der Waals surface area contributed by atoms with Gasteiger partial charge in [0.15, 0.2) is 0 Å². The van der Waals surface area contributed by atoms with Crippen molar-refractivity contribution in [3.8, 4) is 11.4 Å². The van der Waals surface area contributed by atoms with Crippen molar-refractivity contribution in [3.63, 3.8) is 0 Å². The van der Waals surface area contributed by atoms with E-state index >= 15 is 0 Å². The Bertz CT molecular complexity index is 846. The summed E-state index contributed by atoms with van der Waals surface area (Å²) in [6, 6.07) is 9.57. The van der Waals surface area contributed by atoms with Crippen molar-refractivity contribution in [2.24, 2.45) is 0 Å². The van der Waals surface area contributed by atoms with Crippen LogP contribution in [0.15, 0.2) is 47.5 Å². The van der Waals surface area contributed by atoms with Crippen LogP contribution >= 0.6 is 0 Å². The van der Waals surface area contributed by atoms with Gasteiger partial charge in [0.1, 0.15) is 18.7 Å². The first-order valence-corrected chi connectivity index (χ1v) is 8.82. The van der Waals surface area contributed by atoms with Crippen LogP contribution in [0.4, 0.5) is 0 Å². The number of aryl methyl sites for hydroxylation is 1. The van der Waals surface area contributed by atoms with E-state index in [-0.39, 0.29) is 11.9 Å². The molecule has 8 heteroatoms. The molecular weight excluding hydrogens is 332 g/mol. The summed E-state index contributed by atoms with van der Waals surface area (Å²) in [6.07, 6.45) is 6.15. The van der Waals surface area contributed by atoms with Gasteiger partial charge in [-0.25, -0.2) is 4.98 Å². The van der Waals surface area contributed by atoms with Gasteiger partial charge >= 0.3 is 0 Å². The summed E-state index contributed by atoms with van der Waals surface area (Å²) in [5.74, 6) is 1.20. The van der Waals surface area contributed by atoms with Crippen molar-refractivity contribution in [1.82, 2.24) is 29.8 Å². The molecule has 3 heterocycles. The molecule has 1 atom stereocenters. The van der Waals surface area contributed by atoms with E-state index in [1.807, 2.05) is 35.2 Å². The van der Waals surface area contributed by atoms with Gasteiger partial charge in [0.25, 0.3) is 0 Å². The van der Waals surface area contributed by atoms with Crippen molar-refractivity contribution < 1.29 is 9.32 Å². The maximum atomic E-state index is 12.6. The summed E-state index contributed by atoms with van der Waals surface area (Å²) in [4.78, 5) is 22.9. The highest BCUT2D eigenvalue weighted by Crippen LogP contribution is 2.32. The second-order valence-corrected chi connectivity index (χ2v) is 6.33. The number of hydrogen-bond donors (Lipinski definition) is 0. The molecule has 1 saturated heterocycles. The minimum Gasteiger partial charge on any atom is -0.337 e. The monoisotopic (exact) mass is 352 g/mol. The lowest BCUT2D eigenvalue weighted by Gasteiger charge is -2.21. The molecule has 0 unspecified atom stereocenters. The molecule has 2 aromatic heterocycles. The predicted molar refractivity (Wildman–Crippen MR) is 92.7 cm³/mol. The highest BCUT2D eigenvalue weighted by Gasteiger charge is 2.33. The predicted octanol–water partition coefficient (Wildman–Crippen LogP) is 2.47. The van der Waals surface area contributed by atoms with Gasteiger partial charge in [-0.2, -0.15) is 10.1 Å². The fourth-order valence-corrected chi connectivity index (χ4v) is 3.28. The largest absolute Gasteiger partial charge is 0.337 e. The number of rotatable bonds is 6. The smallest absolute Gasteiger partial charge is 0.249 e. The maximum absolute atomic E-state index is 12.6. The number of carbonyl (C=O) groups excluding carboxylic acids is 1. The summed E-state index contributed by atoms with van der Waals surface area (Å²) in [7, 11) is 0. The number of aromatic nitrogens is 5. The van der Waals surface area contributed by atoms with Gasteiger partial charge in [-0.3, -0.25) is 9.48 Å². The molecule has 3 aromatic rings. The van der Waals surface area contributed by atoms with Gasteiger partial charge in [-0.1, -0.05) is 35.5 Å². The summed E-state index contributed by atoms with van der Waals surface area (Å²) in [6.45, 7) is 1.42. The van der Waals surface area contributed by atoms with Crippen LogP contribution in [-0.2, 0) is 11.3 Å². The van der Waals surface area contributed by atoms with E-state index in [1.165, 1.54) is 6.33 Å². The normalized spacial score (nSPS) is 16.9. The van der Waals surface area contributed by atoms with Crippen LogP contribution in [0.1, 0.15) is 37.6 Å². The molecule has 4 rings (SSSR count). The van der Waals surface area contributed by atoms with Crippen LogP contribution in [0.2, 0.25) is 0 Å². The Morgan fingerprint density at radius 3 is 2.96 bits per heavy atom. The lowest BCUT2D eigenvalue weighted by Crippen LogP contribution is -2.30. The van der Waals surface area contributed by atoms with Crippen molar-refractivity contribution in [2.75, 3.05) is 6.54 Å². The van der Waals surface area contributed by atoms with Crippen LogP contribution in [0.5, 0.6) is 0 Å². The molecule has 1 aromatic carbocycles. The first kappa shape index (κ1) is 16.4. The Kier molecular flexibility index (Phi) is 4.72. The van der Waals surface area contributed by atoms with E-state index in [0.29, 0.717) is 24.7 Å². The molecule has 0 N–H and O–H groups in total. The van der Waals surface area contributed by atoms with E-state index in [4.69, 9.17) is 4.52 Å². The summed E-state index contributed by atoms with van der Waals surface area (Å²) in [5.41, 5.74) is 0.909. The highest BCUT2D eigenvalue weighted by molar-refractivity contribution is 5.76. The zero-order valence-electron chi connectivity index (χ0n) is 14.4. The molecule has 134 valence electrons. The zero-order chi connectivity index (χ0) is 17.8. The Labute approximate surface area is 150 Å². The Hall–Kier alpha value is -3.03. The molecule has 0 aliphatic carbocycles. The molecule has 0 radical (unpaired) electrons. The summed E-state index contributed by atoms with van der Waals surface area (Å²) in [5, 5.41) is 8.13. The number of benzene rings is 1. The fraction of sp³-hybridized carbons (Fsp3) is 0.389. The van der Waals surface area contributed by atoms with E-state index in [9.17, 15) is 4.79 Å². The van der Waals surface area contributed by atoms with Crippen LogP contribution in [0, 0.1) is 0 Å². The van der Waals surface area contributed by atoms with Gasteiger partial charge < -0.3 is 9.42 Å². The molecule has 0 saturated carbocycles. The Morgan fingerprint density at radius 1 is 1.27 bits per heavy atom.